The van der Waals surface area contributed by atoms with Crippen LogP contribution < -0.4 is 10.6 Å². The Bertz CT molecular complexity index is 378. The zero-order chi connectivity index (χ0) is 15.7. The average Bonchev–Trinajstić information content (AvgIpc) is 2.43. The largest absolute Gasteiger partial charge is 0.481 e. The van der Waals surface area contributed by atoms with E-state index in [1.165, 1.54) is 0 Å². The molecule has 1 rings (SSSR count). The first-order valence-electron chi connectivity index (χ1n) is 7.36. The SMILES string of the molecule is CCOC(=O)CNC(=O)NCC1(CC(=O)O)CCCCC1. The lowest BCUT2D eigenvalue weighted by Gasteiger charge is -2.36. The second-order valence-corrected chi connectivity index (χ2v) is 5.47. The summed E-state index contributed by atoms with van der Waals surface area (Å²) >= 11 is 0. The Kier molecular flexibility index (Phi) is 6.98. The Morgan fingerprint density at radius 2 is 1.81 bits per heavy atom. The van der Waals surface area contributed by atoms with Crippen molar-refractivity contribution in [2.24, 2.45) is 5.41 Å². The first kappa shape index (κ1) is 17.3. The van der Waals surface area contributed by atoms with Gasteiger partial charge in [-0.25, -0.2) is 4.79 Å². The molecule has 0 aromatic rings. The number of hydrogen-bond donors (Lipinski definition) is 3. The number of nitrogens with one attached hydrogen (secondary N) is 2. The molecule has 0 unspecified atom stereocenters. The fourth-order valence-electron chi connectivity index (χ4n) is 2.73. The molecule has 120 valence electrons. The molecule has 0 aromatic heterocycles. The van der Waals surface area contributed by atoms with E-state index in [4.69, 9.17) is 9.84 Å². The summed E-state index contributed by atoms with van der Waals surface area (Å²) in [5, 5.41) is 14.1. The monoisotopic (exact) mass is 300 g/mol. The zero-order valence-corrected chi connectivity index (χ0v) is 12.4. The van der Waals surface area contributed by atoms with Crippen LogP contribution in [-0.4, -0.2) is 42.8 Å². The third-order valence-electron chi connectivity index (χ3n) is 3.76. The maximum atomic E-state index is 11.6. The fourth-order valence-corrected chi connectivity index (χ4v) is 2.73. The normalized spacial score (nSPS) is 16.8. The minimum atomic E-state index is -0.842. The molecule has 0 saturated heterocycles. The third kappa shape index (κ3) is 6.46. The van der Waals surface area contributed by atoms with Gasteiger partial charge in [0.1, 0.15) is 6.54 Å². The second kappa shape index (κ2) is 8.49. The number of carbonyl (C=O) groups is 3. The van der Waals surface area contributed by atoms with Crippen LogP contribution in [0.1, 0.15) is 45.4 Å². The van der Waals surface area contributed by atoms with Gasteiger partial charge in [-0.1, -0.05) is 19.3 Å². The van der Waals surface area contributed by atoms with Gasteiger partial charge in [0, 0.05) is 6.54 Å². The molecule has 0 spiro atoms. The van der Waals surface area contributed by atoms with Gasteiger partial charge in [0.15, 0.2) is 0 Å². The summed E-state index contributed by atoms with van der Waals surface area (Å²) < 4.78 is 4.70. The van der Waals surface area contributed by atoms with Crippen LogP contribution in [0.4, 0.5) is 4.79 Å². The van der Waals surface area contributed by atoms with Gasteiger partial charge in [-0.2, -0.15) is 0 Å². The van der Waals surface area contributed by atoms with Crippen molar-refractivity contribution in [3.05, 3.63) is 0 Å². The van der Waals surface area contributed by atoms with Gasteiger partial charge in [0.25, 0.3) is 0 Å². The summed E-state index contributed by atoms with van der Waals surface area (Å²) in [4.78, 5) is 33.8. The molecular weight excluding hydrogens is 276 g/mol. The lowest BCUT2D eigenvalue weighted by molar-refractivity contribution is -0.142. The van der Waals surface area contributed by atoms with Crippen LogP contribution in [0.25, 0.3) is 0 Å². The summed E-state index contributed by atoms with van der Waals surface area (Å²) in [5.74, 6) is -1.34. The van der Waals surface area contributed by atoms with Crippen LogP contribution in [0.15, 0.2) is 0 Å². The summed E-state index contributed by atoms with van der Waals surface area (Å²) in [6.45, 7) is 2.08. The first-order valence-corrected chi connectivity index (χ1v) is 7.36. The van der Waals surface area contributed by atoms with Crippen LogP contribution >= 0.6 is 0 Å². The van der Waals surface area contributed by atoms with Crippen molar-refractivity contribution in [2.75, 3.05) is 19.7 Å². The highest BCUT2D eigenvalue weighted by molar-refractivity contribution is 5.80. The van der Waals surface area contributed by atoms with Gasteiger partial charge in [-0.15, -0.1) is 0 Å². The molecule has 0 aliphatic heterocycles. The first-order chi connectivity index (χ1) is 9.97. The molecule has 0 radical (unpaired) electrons. The highest BCUT2D eigenvalue weighted by Crippen LogP contribution is 2.38. The topological polar surface area (TPSA) is 105 Å². The Morgan fingerprint density at radius 3 is 2.38 bits per heavy atom. The number of urea groups is 1. The predicted octanol–water partition coefficient (Wildman–Crippen LogP) is 1.27. The number of ether oxygens (including phenoxy) is 1. The van der Waals surface area contributed by atoms with Gasteiger partial charge in [-0.3, -0.25) is 9.59 Å². The van der Waals surface area contributed by atoms with E-state index in [9.17, 15) is 14.4 Å². The fraction of sp³-hybridized carbons (Fsp3) is 0.786. The Labute approximate surface area is 124 Å². The van der Waals surface area contributed by atoms with Crippen LogP contribution in [0.3, 0.4) is 0 Å². The van der Waals surface area contributed by atoms with Gasteiger partial charge >= 0.3 is 18.0 Å². The van der Waals surface area contributed by atoms with Crippen molar-refractivity contribution < 1.29 is 24.2 Å². The van der Waals surface area contributed by atoms with Crippen LogP contribution in [0, 0.1) is 5.41 Å². The maximum absolute atomic E-state index is 11.6. The second-order valence-electron chi connectivity index (χ2n) is 5.47. The Balaban J connectivity index is 2.40. The van der Waals surface area contributed by atoms with Gasteiger partial charge < -0.3 is 20.5 Å². The predicted molar refractivity (Wildman–Crippen MR) is 75.8 cm³/mol. The van der Waals surface area contributed by atoms with Crippen molar-refractivity contribution >= 4 is 18.0 Å². The van der Waals surface area contributed by atoms with Gasteiger partial charge in [0.2, 0.25) is 0 Å². The van der Waals surface area contributed by atoms with E-state index in [1.807, 2.05) is 0 Å². The number of amides is 2. The maximum Gasteiger partial charge on any atom is 0.325 e. The molecule has 0 bridgehead atoms. The minimum Gasteiger partial charge on any atom is -0.481 e. The van der Waals surface area contributed by atoms with E-state index in [-0.39, 0.29) is 25.0 Å². The van der Waals surface area contributed by atoms with E-state index in [1.54, 1.807) is 6.92 Å². The lowest BCUT2D eigenvalue weighted by Crippen LogP contribution is -2.45. The Morgan fingerprint density at radius 1 is 1.14 bits per heavy atom. The quantitative estimate of drug-likeness (QED) is 0.614. The molecule has 7 heteroatoms. The molecule has 1 aliphatic carbocycles. The van der Waals surface area contributed by atoms with Crippen LogP contribution in [-0.2, 0) is 14.3 Å². The molecule has 21 heavy (non-hydrogen) atoms. The number of esters is 1. The lowest BCUT2D eigenvalue weighted by atomic mass is 9.72. The molecule has 2 amide bonds. The molecule has 7 nitrogen and oxygen atoms in total. The van der Waals surface area contributed by atoms with E-state index in [0.717, 1.165) is 32.1 Å². The van der Waals surface area contributed by atoms with E-state index in [0.29, 0.717) is 6.54 Å². The average molecular weight is 300 g/mol. The van der Waals surface area contributed by atoms with Crippen molar-refractivity contribution in [1.29, 1.82) is 0 Å². The highest BCUT2D eigenvalue weighted by Gasteiger charge is 2.34. The summed E-state index contributed by atoms with van der Waals surface area (Å²) in [5.41, 5.74) is -0.370. The van der Waals surface area contributed by atoms with Gasteiger partial charge in [-0.05, 0) is 25.2 Å². The molecule has 1 saturated carbocycles. The van der Waals surface area contributed by atoms with Crippen molar-refractivity contribution in [1.82, 2.24) is 10.6 Å². The molecule has 0 aromatic carbocycles. The molecule has 1 aliphatic rings. The van der Waals surface area contributed by atoms with Crippen molar-refractivity contribution in [2.45, 2.75) is 45.4 Å². The number of aliphatic carboxylic acids is 1. The van der Waals surface area contributed by atoms with E-state index < -0.39 is 18.0 Å². The molecule has 0 atom stereocenters. The number of carbonyl (C=O) groups excluding carboxylic acids is 2. The standard InChI is InChI=1S/C14H24N2O5/c1-2-21-12(19)9-15-13(20)16-10-14(8-11(17)18)6-4-3-5-7-14/h2-10H2,1H3,(H,17,18)(H2,15,16,20). The number of carboxylic acid groups (broad SMARTS) is 1. The molecule has 1 fully saturated rings. The number of rotatable bonds is 7. The van der Waals surface area contributed by atoms with Crippen LogP contribution in [0.2, 0.25) is 0 Å². The Hall–Kier alpha value is -1.79. The van der Waals surface area contributed by atoms with Crippen LogP contribution in [0.5, 0.6) is 0 Å². The zero-order valence-electron chi connectivity index (χ0n) is 12.4. The highest BCUT2D eigenvalue weighted by atomic mass is 16.5. The molecule has 0 heterocycles. The third-order valence-corrected chi connectivity index (χ3v) is 3.76. The minimum absolute atomic E-state index is 0.0607. The van der Waals surface area contributed by atoms with Crippen molar-refractivity contribution in [3.63, 3.8) is 0 Å². The summed E-state index contributed by atoms with van der Waals surface area (Å²) in [7, 11) is 0. The summed E-state index contributed by atoms with van der Waals surface area (Å²) in [6.07, 6.45) is 4.75. The van der Waals surface area contributed by atoms with Gasteiger partial charge in [0.05, 0.1) is 13.0 Å². The molecular formula is C14H24N2O5. The molecule has 3 N–H and O–H groups in total. The number of hydrogen-bond acceptors (Lipinski definition) is 4. The smallest absolute Gasteiger partial charge is 0.325 e. The summed E-state index contributed by atoms with van der Waals surface area (Å²) in [6, 6.07) is -0.474. The van der Waals surface area contributed by atoms with Crippen molar-refractivity contribution in [3.8, 4) is 0 Å². The van der Waals surface area contributed by atoms with E-state index in [2.05, 4.69) is 10.6 Å². The number of carboxylic acids is 1. The van der Waals surface area contributed by atoms with E-state index >= 15 is 0 Å².